The molecule has 4 atom stereocenters. The van der Waals surface area contributed by atoms with Crippen LogP contribution in [-0.4, -0.2) is 58.6 Å². The zero-order valence-corrected chi connectivity index (χ0v) is 24.7. The fraction of sp³-hybridized carbons (Fsp3) is 0.242. The summed E-state index contributed by atoms with van der Waals surface area (Å²) in [6.45, 7) is -0.0386. The number of nitrogens with one attached hydrogen (secondary N) is 1. The van der Waals surface area contributed by atoms with Crippen LogP contribution in [0.15, 0.2) is 104 Å². The van der Waals surface area contributed by atoms with E-state index < -0.39 is 47.9 Å². The number of hydrogen-bond donors (Lipinski definition) is 3. The number of imidazole rings is 1. The van der Waals surface area contributed by atoms with Gasteiger partial charge in [0.2, 0.25) is 5.91 Å². The first kappa shape index (κ1) is 32.7. The van der Waals surface area contributed by atoms with E-state index in [9.17, 15) is 19.2 Å². The smallest absolute Gasteiger partial charge is 0.328 e. The first-order chi connectivity index (χ1) is 21.8. The Hall–Kier alpha value is -5.17. The van der Waals surface area contributed by atoms with Crippen molar-refractivity contribution in [1.82, 2.24) is 14.9 Å². The number of ether oxygens (including phenoxy) is 2. The number of aromatic nitrogens is 2. The normalized spacial score (nSPS) is 13.6. The molecule has 5 N–H and O–H groups in total. The average molecular weight is 614 g/mol. The molecule has 0 spiro atoms. The molecule has 45 heavy (non-hydrogen) atoms. The van der Waals surface area contributed by atoms with Gasteiger partial charge in [0.05, 0.1) is 18.8 Å². The summed E-state index contributed by atoms with van der Waals surface area (Å²) in [7, 11) is 1.16. The highest BCUT2D eigenvalue weighted by Gasteiger charge is 2.39. The summed E-state index contributed by atoms with van der Waals surface area (Å²) in [5.41, 5.74) is 8.51. The molecule has 2 unspecified atom stereocenters. The number of carbonyl (C=O) groups is 4. The zero-order valence-electron chi connectivity index (χ0n) is 24.7. The molecule has 1 aromatic heterocycles. The van der Waals surface area contributed by atoms with Gasteiger partial charge in [-0.1, -0.05) is 91.0 Å². The van der Waals surface area contributed by atoms with E-state index in [0.29, 0.717) is 17.7 Å². The molecular formula is C33H35N5O7. The molecule has 0 radical (unpaired) electrons. The molecule has 0 saturated heterocycles. The van der Waals surface area contributed by atoms with Gasteiger partial charge in [-0.2, -0.15) is 0 Å². The van der Waals surface area contributed by atoms with Gasteiger partial charge in [-0.25, -0.2) is 15.7 Å². The van der Waals surface area contributed by atoms with Crippen LogP contribution in [0, 0.1) is 0 Å². The Balaban J connectivity index is 1.48. The van der Waals surface area contributed by atoms with Crippen LogP contribution in [0.5, 0.6) is 0 Å². The molecule has 0 bridgehead atoms. The van der Waals surface area contributed by atoms with Crippen molar-refractivity contribution in [1.29, 1.82) is 0 Å². The van der Waals surface area contributed by atoms with Crippen molar-refractivity contribution in [2.45, 2.75) is 43.6 Å². The van der Waals surface area contributed by atoms with Crippen molar-refractivity contribution in [2.24, 2.45) is 11.6 Å². The van der Waals surface area contributed by atoms with E-state index in [1.54, 1.807) is 42.5 Å². The fourth-order valence-electron chi connectivity index (χ4n) is 4.74. The van der Waals surface area contributed by atoms with Crippen molar-refractivity contribution >= 4 is 23.8 Å². The molecule has 3 aromatic carbocycles. The third-order valence-corrected chi connectivity index (χ3v) is 7.07. The topological polar surface area (TPSA) is 178 Å². The standard InChI is InChI=1S/C33H35N5O7/c1-43-32(41)27(18-25-19-38(21-36-25)31(40)26(34)17-22-11-5-2-6-12-22)37-30(39)29(45-35)28(24-15-9-4-10-16-24)33(42)44-20-23-13-7-3-8-14-23/h2-16,19,21,26-29H,17-18,20,34-35H2,1H3,(H,37,39)/t26-,27-,28?,29?/m0/s1. The monoisotopic (exact) mass is 613 g/mol. The minimum absolute atomic E-state index is 0.0386. The average Bonchev–Trinajstić information content (AvgIpc) is 3.54. The maximum absolute atomic E-state index is 13.5. The highest BCUT2D eigenvalue weighted by Crippen LogP contribution is 2.24. The third kappa shape index (κ3) is 8.92. The number of carbonyl (C=O) groups excluding carboxylic acids is 4. The first-order valence-corrected chi connectivity index (χ1v) is 14.2. The van der Waals surface area contributed by atoms with Crippen LogP contribution < -0.4 is 16.9 Å². The molecule has 12 heteroatoms. The number of methoxy groups -OCH3 is 1. The number of nitrogens with two attached hydrogens (primary N) is 2. The van der Waals surface area contributed by atoms with Crippen LogP contribution in [0.2, 0.25) is 0 Å². The number of esters is 2. The summed E-state index contributed by atoms with van der Waals surface area (Å²) in [5, 5.41) is 2.55. The lowest BCUT2D eigenvalue weighted by atomic mass is 9.92. The highest BCUT2D eigenvalue weighted by molar-refractivity contribution is 5.93. The largest absolute Gasteiger partial charge is 0.467 e. The van der Waals surface area contributed by atoms with E-state index >= 15 is 0 Å². The second-order valence-corrected chi connectivity index (χ2v) is 10.2. The highest BCUT2D eigenvalue weighted by atomic mass is 16.6. The molecular weight excluding hydrogens is 578 g/mol. The minimum Gasteiger partial charge on any atom is -0.467 e. The first-order valence-electron chi connectivity index (χ1n) is 14.2. The third-order valence-electron chi connectivity index (χ3n) is 7.07. The molecule has 0 saturated carbocycles. The zero-order chi connectivity index (χ0) is 32.2. The molecule has 12 nitrogen and oxygen atoms in total. The fourth-order valence-corrected chi connectivity index (χ4v) is 4.74. The van der Waals surface area contributed by atoms with Crippen molar-refractivity contribution in [2.75, 3.05) is 7.11 Å². The van der Waals surface area contributed by atoms with Gasteiger partial charge in [-0.3, -0.25) is 23.8 Å². The molecule has 234 valence electrons. The molecule has 1 amide bonds. The molecule has 4 rings (SSSR count). The second kappa shape index (κ2) is 16.1. The van der Waals surface area contributed by atoms with Crippen LogP contribution in [-0.2, 0) is 48.1 Å². The summed E-state index contributed by atoms with van der Waals surface area (Å²) in [6.07, 6.45) is 1.33. The number of benzene rings is 3. The Labute approximate surface area is 260 Å². The lowest BCUT2D eigenvalue weighted by Crippen LogP contribution is -2.51. The number of hydrogen-bond acceptors (Lipinski definition) is 10. The van der Waals surface area contributed by atoms with Gasteiger partial charge in [0, 0.05) is 12.6 Å². The van der Waals surface area contributed by atoms with Gasteiger partial charge in [-0.15, -0.1) is 0 Å². The Morgan fingerprint density at radius 1 is 0.844 bits per heavy atom. The van der Waals surface area contributed by atoms with Gasteiger partial charge < -0.3 is 20.5 Å². The summed E-state index contributed by atoms with van der Waals surface area (Å²) in [4.78, 5) is 61.8. The van der Waals surface area contributed by atoms with Gasteiger partial charge in [0.1, 0.15) is 24.9 Å². The second-order valence-electron chi connectivity index (χ2n) is 10.2. The van der Waals surface area contributed by atoms with Gasteiger partial charge in [-0.05, 0) is 23.1 Å². The number of rotatable bonds is 14. The van der Waals surface area contributed by atoms with Crippen LogP contribution in [0.4, 0.5) is 0 Å². The van der Waals surface area contributed by atoms with Crippen molar-refractivity contribution in [3.8, 4) is 0 Å². The summed E-state index contributed by atoms with van der Waals surface area (Å²) in [5.74, 6) is 1.50. The molecule has 0 aliphatic heterocycles. The molecule has 0 aliphatic carbocycles. The van der Waals surface area contributed by atoms with E-state index in [2.05, 4.69) is 10.3 Å². The van der Waals surface area contributed by atoms with Crippen molar-refractivity contribution < 1.29 is 33.5 Å². The lowest BCUT2D eigenvalue weighted by Gasteiger charge is -2.25. The van der Waals surface area contributed by atoms with Crippen LogP contribution in [0.3, 0.4) is 0 Å². The van der Waals surface area contributed by atoms with Crippen LogP contribution in [0.1, 0.15) is 33.1 Å². The Bertz CT molecular complexity index is 1560. The maximum atomic E-state index is 13.5. The van der Waals surface area contributed by atoms with E-state index in [0.717, 1.165) is 18.2 Å². The Morgan fingerprint density at radius 3 is 2.04 bits per heavy atom. The van der Waals surface area contributed by atoms with Gasteiger partial charge in [0.15, 0.2) is 6.10 Å². The van der Waals surface area contributed by atoms with E-state index in [1.165, 1.54) is 17.1 Å². The Morgan fingerprint density at radius 2 is 1.44 bits per heavy atom. The molecule has 0 aliphatic rings. The van der Waals surface area contributed by atoms with E-state index in [4.69, 9.17) is 25.9 Å². The summed E-state index contributed by atoms with van der Waals surface area (Å²) in [6, 6.07) is 24.7. The van der Waals surface area contributed by atoms with E-state index in [-0.39, 0.29) is 13.0 Å². The molecule has 4 aromatic rings. The van der Waals surface area contributed by atoms with Crippen molar-refractivity contribution in [3.63, 3.8) is 0 Å². The number of amides is 1. The minimum atomic E-state index is -1.57. The SMILES string of the molecule is COC(=O)[C@H](Cc1cn(C(=O)[C@@H](N)Cc2ccccc2)cn1)NC(=O)C(ON)C(C(=O)OCc1ccccc1)c1ccccc1. The quantitative estimate of drug-likeness (QED) is 0.141. The molecule has 1 heterocycles. The van der Waals surface area contributed by atoms with Crippen molar-refractivity contribution in [3.05, 3.63) is 126 Å². The van der Waals surface area contributed by atoms with Gasteiger partial charge in [0.25, 0.3) is 5.91 Å². The summed E-state index contributed by atoms with van der Waals surface area (Å²) < 4.78 is 11.7. The van der Waals surface area contributed by atoms with E-state index in [1.807, 2.05) is 48.5 Å². The molecule has 0 fully saturated rings. The predicted molar refractivity (Wildman–Crippen MR) is 163 cm³/mol. The predicted octanol–water partition coefficient (Wildman–Crippen LogP) is 2.08. The van der Waals surface area contributed by atoms with Crippen LogP contribution in [0.25, 0.3) is 0 Å². The summed E-state index contributed by atoms with van der Waals surface area (Å²) >= 11 is 0. The Kier molecular flexibility index (Phi) is 11.7. The van der Waals surface area contributed by atoms with Crippen LogP contribution >= 0.6 is 0 Å². The lowest BCUT2D eigenvalue weighted by molar-refractivity contribution is -0.156. The maximum Gasteiger partial charge on any atom is 0.328 e. The number of nitrogens with zero attached hydrogens (tertiary/aromatic N) is 2. The van der Waals surface area contributed by atoms with Gasteiger partial charge >= 0.3 is 11.9 Å².